The number of carbonyl (C=O) groups excluding carboxylic acids is 2. The summed E-state index contributed by atoms with van der Waals surface area (Å²) in [4.78, 5) is 32.3. The van der Waals surface area contributed by atoms with Gasteiger partial charge in [0, 0.05) is 33.3 Å². The lowest BCUT2D eigenvalue weighted by molar-refractivity contribution is 0.0736. The van der Waals surface area contributed by atoms with Crippen LogP contribution in [0.1, 0.15) is 31.3 Å². The normalized spacial score (nSPS) is 13.3. The van der Waals surface area contributed by atoms with Crippen LogP contribution in [0.3, 0.4) is 0 Å². The molecule has 0 radical (unpaired) electrons. The number of hydrogen-bond acceptors (Lipinski definition) is 5. The van der Waals surface area contributed by atoms with Gasteiger partial charge in [0.05, 0.1) is 17.8 Å². The summed E-state index contributed by atoms with van der Waals surface area (Å²) < 4.78 is 0.886. The molecule has 5 nitrogen and oxygen atoms in total. The summed E-state index contributed by atoms with van der Waals surface area (Å²) in [5, 5.41) is 7.11. The molecule has 0 saturated carbocycles. The molecule has 1 aliphatic rings. The van der Waals surface area contributed by atoms with E-state index in [0.29, 0.717) is 35.8 Å². The van der Waals surface area contributed by atoms with Crippen LogP contribution < -0.4 is 5.32 Å². The van der Waals surface area contributed by atoms with Gasteiger partial charge in [-0.05, 0) is 29.6 Å². The number of thiophene rings is 1. The van der Waals surface area contributed by atoms with Crippen LogP contribution in [-0.4, -0.2) is 28.2 Å². The second kappa shape index (κ2) is 7.30. The number of hydrogen-bond donors (Lipinski definition) is 1. The highest BCUT2D eigenvalue weighted by atomic mass is 79.9. The van der Waals surface area contributed by atoms with Crippen LogP contribution in [0.2, 0.25) is 0 Å². The maximum absolute atomic E-state index is 12.7. The van der Waals surface area contributed by atoms with Crippen molar-refractivity contribution in [1.29, 1.82) is 0 Å². The molecule has 26 heavy (non-hydrogen) atoms. The van der Waals surface area contributed by atoms with Gasteiger partial charge in [-0.3, -0.25) is 14.9 Å². The van der Waals surface area contributed by atoms with Gasteiger partial charge < -0.3 is 4.90 Å². The predicted octanol–water partition coefficient (Wildman–Crippen LogP) is 4.42. The lowest BCUT2D eigenvalue weighted by Crippen LogP contribution is -2.35. The van der Waals surface area contributed by atoms with Crippen molar-refractivity contribution in [2.45, 2.75) is 13.0 Å². The van der Waals surface area contributed by atoms with Crippen molar-refractivity contribution in [2.75, 3.05) is 11.9 Å². The summed E-state index contributed by atoms with van der Waals surface area (Å²) >= 11 is 6.33. The second-order valence-electron chi connectivity index (χ2n) is 5.84. The third-order valence-electron chi connectivity index (χ3n) is 4.09. The number of benzene rings is 1. The summed E-state index contributed by atoms with van der Waals surface area (Å²) in [6.07, 6.45) is 0.694. The molecule has 0 aliphatic carbocycles. The van der Waals surface area contributed by atoms with Crippen LogP contribution in [0.4, 0.5) is 5.13 Å². The Morgan fingerprint density at radius 3 is 2.88 bits per heavy atom. The standard InChI is InChI=1S/C18H14BrN3O2S2/c19-13-3-1-2-11(8-13)17(24)22-6-4-14-15(9-22)26-18(20-14)21-16(23)12-5-7-25-10-12/h1-3,5,7-8,10H,4,6,9H2,(H,20,21,23). The highest BCUT2D eigenvalue weighted by molar-refractivity contribution is 9.10. The van der Waals surface area contributed by atoms with E-state index in [1.54, 1.807) is 11.4 Å². The Labute approximate surface area is 166 Å². The number of nitrogens with one attached hydrogen (secondary N) is 1. The number of amides is 2. The maximum Gasteiger partial charge on any atom is 0.258 e. The smallest absolute Gasteiger partial charge is 0.258 e. The first-order chi connectivity index (χ1) is 12.6. The van der Waals surface area contributed by atoms with Crippen LogP contribution in [0.5, 0.6) is 0 Å². The Hall–Kier alpha value is -2.03. The van der Waals surface area contributed by atoms with Gasteiger partial charge in [-0.1, -0.05) is 33.3 Å². The first kappa shape index (κ1) is 17.4. The molecule has 0 bridgehead atoms. The van der Waals surface area contributed by atoms with E-state index in [-0.39, 0.29) is 11.8 Å². The lowest BCUT2D eigenvalue weighted by Gasteiger charge is -2.26. The Bertz CT molecular complexity index is 969. The average molecular weight is 448 g/mol. The topological polar surface area (TPSA) is 62.3 Å². The fourth-order valence-electron chi connectivity index (χ4n) is 2.79. The molecule has 0 saturated heterocycles. The molecule has 0 atom stereocenters. The minimum Gasteiger partial charge on any atom is -0.333 e. The van der Waals surface area contributed by atoms with E-state index in [1.807, 2.05) is 34.5 Å². The largest absolute Gasteiger partial charge is 0.333 e. The van der Waals surface area contributed by atoms with E-state index in [1.165, 1.54) is 22.7 Å². The molecule has 4 rings (SSSR count). The third kappa shape index (κ3) is 3.58. The molecule has 2 aromatic heterocycles. The zero-order chi connectivity index (χ0) is 18.1. The number of thiazole rings is 1. The molecule has 0 fully saturated rings. The van der Waals surface area contributed by atoms with E-state index in [9.17, 15) is 9.59 Å². The first-order valence-electron chi connectivity index (χ1n) is 7.97. The number of carbonyl (C=O) groups is 2. The SMILES string of the molecule is O=C(Nc1nc2c(s1)CN(C(=O)c1cccc(Br)c1)CC2)c1ccsc1. The minimum atomic E-state index is -0.153. The van der Waals surface area contributed by atoms with Crippen molar-refractivity contribution < 1.29 is 9.59 Å². The quantitative estimate of drug-likeness (QED) is 0.646. The van der Waals surface area contributed by atoms with E-state index >= 15 is 0 Å². The molecule has 1 N–H and O–H groups in total. The number of fused-ring (bicyclic) bond motifs is 1. The monoisotopic (exact) mass is 447 g/mol. The zero-order valence-electron chi connectivity index (χ0n) is 13.6. The van der Waals surface area contributed by atoms with Gasteiger partial charge in [-0.15, -0.1) is 0 Å². The van der Waals surface area contributed by atoms with Crippen LogP contribution >= 0.6 is 38.6 Å². The van der Waals surface area contributed by atoms with Gasteiger partial charge in [-0.25, -0.2) is 4.98 Å². The van der Waals surface area contributed by atoms with Gasteiger partial charge >= 0.3 is 0 Å². The molecule has 1 aliphatic heterocycles. The highest BCUT2D eigenvalue weighted by Gasteiger charge is 2.25. The fraction of sp³-hybridized carbons (Fsp3) is 0.167. The summed E-state index contributed by atoms with van der Waals surface area (Å²) in [6, 6.07) is 9.19. The molecular weight excluding hydrogens is 434 g/mol. The van der Waals surface area contributed by atoms with Crippen molar-refractivity contribution >= 4 is 55.5 Å². The molecule has 8 heteroatoms. The zero-order valence-corrected chi connectivity index (χ0v) is 16.8. The predicted molar refractivity (Wildman–Crippen MR) is 107 cm³/mol. The van der Waals surface area contributed by atoms with Crippen molar-refractivity contribution in [3.05, 3.63) is 67.3 Å². The lowest BCUT2D eigenvalue weighted by atomic mass is 10.1. The van der Waals surface area contributed by atoms with Gasteiger partial charge in [0.2, 0.25) is 0 Å². The average Bonchev–Trinajstić information content (AvgIpc) is 3.29. The van der Waals surface area contributed by atoms with E-state index in [4.69, 9.17) is 0 Å². The van der Waals surface area contributed by atoms with E-state index in [2.05, 4.69) is 26.2 Å². The van der Waals surface area contributed by atoms with Crippen molar-refractivity contribution in [2.24, 2.45) is 0 Å². The van der Waals surface area contributed by atoms with E-state index < -0.39 is 0 Å². The van der Waals surface area contributed by atoms with Gasteiger partial charge in [-0.2, -0.15) is 11.3 Å². The maximum atomic E-state index is 12.7. The third-order valence-corrected chi connectivity index (χ3v) is 6.27. The molecular formula is C18H14BrN3O2S2. The number of anilines is 1. The molecule has 3 heterocycles. The fourth-order valence-corrected chi connectivity index (χ4v) is 4.84. The summed E-state index contributed by atoms with van der Waals surface area (Å²) in [5.41, 5.74) is 2.27. The van der Waals surface area contributed by atoms with Gasteiger partial charge in [0.15, 0.2) is 5.13 Å². The highest BCUT2D eigenvalue weighted by Crippen LogP contribution is 2.29. The number of halogens is 1. The summed E-state index contributed by atoms with van der Waals surface area (Å²) in [5.74, 6) is -0.145. The van der Waals surface area contributed by atoms with Crippen LogP contribution in [0.25, 0.3) is 0 Å². The Morgan fingerprint density at radius 2 is 2.12 bits per heavy atom. The van der Waals surface area contributed by atoms with Crippen LogP contribution in [0, 0.1) is 0 Å². The number of nitrogens with zero attached hydrogens (tertiary/aromatic N) is 2. The first-order valence-corrected chi connectivity index (χ1v) is 10.5. The number of aromatic nitrogens is 1. The molecule has 1 aromatic carbocycles. The Balaban J connectivity index is 1.48. The minimum absolute atomic E-state index is 0.00853. The number of rotatable bonds is 3. The van der Waals surface area contributed by atoms with Crippen molar-refractivity contribution in [3.63, 3.8) is 0 Å². The van der Waals surface area contributed by atoms with Gasteiger partial charge in [0.1, 0.15) is 0 Å². The molecule has 0 spiro atoms. The van der Waals surface area contributed by atoms with Crippen molar-refractivity contribution in [3.8, 4) is 0 Å². The second-order valence-corrected chi connectivity index (χ2v) is 8.62. The Kier molecular flexibility index (Phi) is 4.88. The molecule has 0 unspecified atom stereocenters. The molecule has 132 valence electrons. The molecule has 3 aromatic rings. The summed E-state index contributed by atoms with van der Waals surface area (Å²) in [7, 11) is 0. The Morgan fingerprint density at radius 1 is 1.23 bits per heavy atom. The van der Waals surface area contributed by atoms with Crippen LogP contribution in [-0.2, 0) is 13.0 Å². The van der Waals surface area contributed by atoms with Crippen LogP contribution in [0.15, 0.2) is 45.6 Å². The van der Waals surface area contributed by atoms with E-state index in [0.717, 1.165) is 15.0 Å². The van der Waals surface area contributed by atoms with Gasteiger partial charge in [0.25, 0.3) is 11.8 Å². The summed E-state index contributed by atoms with van der Waals surface area (Å²) in [6.45, 7) is 1.15. The molecule has 2 amide bonds. The van der Waals surface area contributed by atoms with Crippen molar-refractivity contribution in [1.82, 2.24) is 9.88 Å².